The molecular formula is C7H15BrN4S. The number of aromatic nitrogens is 2. The van der Waals surface area contributed by atoms with Crippen molar-refractivity contribution in [3.63, 3.8) is 0 Å². The highest BCUT2D eigenvalue weighted by atomic mass is 79.9. The van der Waals surface area contributed by atoms with Crippen LogP contribution in [0, 0.1) is 5.92 Å². The van der Waals surface area contributed by atoms with E-state index in [2.05, 4.69) is 24.0 Å². The number of rotatable bonds is 3. The molecule has 1 aromatic heterocycles. The molecule has 1 heterocycles. The molecule has 0 spiro atoms. The van der Waals surface area contributed by atoms with Crippen LogP contribution in [0.15, 0.2) is 0 Å². The third kappa shape index (κ3) is 4.02. The van der Waals surface area contributed by atoms with Gasteiger partial charge in [0.1, 0.15) is 5.01 Å². The van der Waals surface area contributed by atoms with E-state index in [1.165, 1.54) is 11.3 Å². The van der Waals surface area contributed by atoms with E-state index in [0.717, 1.165) is 11.4 Å². The molecule has 76 valence electrons. The third-order valence-corrected chi connectivity index (χ3v) is 2.52. The Morgan fingerprint density at radius 1 is 1.38 bits per heavy atom. The van der Waals surface area contributed by atoms with Crippen LogP contribution in [0.3, 0.4) is 0 Å². The lowest BCUT2D eigenvalue weighted by atomic mass is 10.0. The number of anilines is 1. The third-order valence-electron chi connectivity index (χ3n) is 1.75. The fourth-order valence-corrected chi connectivity index (χ4v) is 1.47. The van der Waals surface area contributed by atoms with Crippen molar-refractivity contribution in [3.8, 4) is 0 Å². The SMILES string of the molecule is Br.CC(C)C(N)Cc1nnc(N)s1. The summed E-state index contributed by atoms with van der Waals surface area (Å²) in [5.41, 5.74) is 11.3. The average Bonchev–Trinajstić information content (AvgIpc) is 2.35. The summed E-state index contributed by atoms with van der Waals surface area (Å²) >= 11 is 1.41. The summed E-state index contributed by atoms with van der Waals surface area (Å²) in [5.74, 6) is 0.468. The first-order valence-corrected chi connectivity index (χ1v) is 4.74. The predicted octanol–water partition coefficient (Wildman–Crippen LogP) is 1.22. The lowest BCUT2D eigenvalue weighted by Crippen LogP contribution is -2.28. The minimum atomic E-state index is 0. The van der Waals surface area contributed by atoms with Gasteiger partial charge in [0.25, 0.3) is 0 Å². The van der Waals surface area contributed by atoms with Crippen LogP contribution < -0.4 is 11.5 Å². The van der Waals surface area contributed by atoms with Gasteiger partial charge in [-0.15, -0.1) is 27.2 Å². The standard InChI is InChI=1S/C7H14N4S.BrH/c1-4(2)5(8)3-6-10-11-7(9)12-6;/h4-5H,3,8H2,1-2H3,(H2,9,11);1H. The number of hydrogen-bond donors (Lipinski definition) is 2. The first-order chi connectivity index (χ1) is 5.59. The van der Waals surface area contributed by atoms with Crippen molar-refractivity contribution in [3.05, 3.63) is 5.01 Å². The van der Waals surface area contributed by atoms with Gasteiger partial charge >= 0.3 is 0 Å². The normalized spacial score (nSPS) is 12.6. The molecule has 0 radical (unpaired) electrons. The second-order valence-corrected chi connectivity index (χ2v) is 4.24. The van der Waals surface area contributed by atoms with Crippen molar-refractivity contribution in [1.82, 2.24) is 10.2 Å². The molecule has 6 heteroatoms. The zero-order valence-electron chi connectivity index (χ0n) is 7.73. The number of hydrogen-bond acceptors (Lipinski definition) is 5. The fraction of sp³-hybridized carbons (Fsp3) is 0.714. The maximum Gasteiger partial charge on any atom is 0.203 e. The van der Waals surface area contributed by atoms with Crippen molar-refractivity contribution in [1.29, 1.82) is 0 Å². The second kappa shape index (κ2) is 5.51. The summed E-state index contributed by atoms with van der Waals surface area (Å²) in [7, 11) is 0. The Morgan fingerprint density at radius 2 is 2.00 bits per heavy atom. The minimum absolute atomic E-state index is 0. The Labute approximate surface area is 92.5 Å². The van der Waals surface area contributed by atoms with Crippen LogP contribution in [-0.2, 0) is 6.42 Å². The molecule has 0 aliphatic carbocycles. The highest BCUT2D eigenvalue weighted by molar-refractivity contribution is 8.93. The molecule has 1 atom stereocenters. The Morgan fingerprint density at radius 3 is 2.38 bits per heavy atom. The Bertz CT molecular complexity index is 250. The zero-order chi connectivity index (χ0) is 9.14. The van der Waals surface area contributed by atoms with Crippen LogP contribution in [0.5, 0.6) is 0 Å². The summed E-state index contributed by atoms with van der Waals surface area (Å²) in [6.45, 7) is 4.18. The summed E-state index contributed by atoms with van der Waals surface area (Å²) in [4.78, 5) is 0. The van der Waals surface area contributed by atoms with Crippen LogP contribution in [0.25, 0.3) is 0 Å². The minimum Gasteiger partial charge on any atom is -0.374 e. The Balaban J connectivity index is 0.00000144. The van der Waals surface area contributed by atoms with Gasteiger partial charge in [-0.05, 0) is 5.92 Å². The van der Waals surface area contributed by atoms with E-state index in [-0.39, 0.29) is 23.0 Å². The van der Waals surface area contributed by atoms with Gasteiger partial charge in [0, 0.05) is 12.5 Å². The van der Waals surface area contributed by atoms with Gasteiger partial charge < -0.3 is 11.5 Å². The molecular weight excluding hydrogens is 252 g/mol. The molecule has 0 bridgehead atoms. The van der Waals surface area contributed by atoms with E-state index in [1.807, 2.05) is 0 Å². The molecule has 0 saturated carbocycles. The zero-order valence-corrected chi connectivity index (χ0v) is 10.3. The number of nitrogens with zero attached hydrogens (tertiary/aromatic N) is 2. The van der Waals surface area contributed by atoms with Crippen molar-refractivity contribution >= 4 is 33.4 Å². The van der Waals surface area contributed by atoms with Crippen molar-refractivity contribution in [2.24, 2.45) is 11.7 Å². The summed E-state index contributed by atoms with van der Waals surface area (Å²) in [5, 5.41) is 9.06. The molecule has 0 fully saturated rings. The summed E-state index contributed by atoms with van der Waals surface area (Å²) in [6, 6.07) is 0.150. The molecule has 0 aromatic carbocycles. The molecule has 4 nitrogen and oxygen atoms in total. The molecule has 1 rings (SSSR count). The molecule has 0 aliphatic rings. The molecule has 4 N–H and O–H groups in total. The van der Waals surface area contributed by atoms with Gasteiger partial charge in [-0.1, -0.05) is 25.2 Å². The van der Waals surface area contributed by atoms with Crippen LogP contribution in [0.2, 0.25) is 0 Å². The molecule has 13 heavy (non-hydrogen) atoms. The lowest BCUT2D eigenvalue weighted by Gasteiger charge is -2.12. The number of halogens is 1. The van der Waals surface area contributed by atoms with Gasteiger partial charge in [0.05, 0.1) is 0 Å². The maximum atomic E-state index is 5.86. The Kier molecular flexibility index (Phi) is 5.43. The van der Waals surface area contributed by atoms with Crippen LogP contribution in [0.1, 0.15) is 18.9 Å². The van der Waals surface area contributed by atoms with Crippen LogP contribution in [0.4, 0.5) is 5.13 Å². The quantitative estimate of drug-likeness (QED) is 0.863. The highest BCUT2D eigenvalue weighted by Crippen LogP contribution is 2.14. The van der Waals surface area contributed by atoms with Crippen molar-refractivity contribution in [2.45, 2.75) is 26.3 Å². The largest absolute Gasteiger partial charge is 0.374 e. The maximum absolute atomic E-state index is 5.86. The van der Waals surface area contributed by atoms with Crippen molar-refractivity contribution < 1.29 is 0 Å². The smallest absolute Gasteiger partial charge is 0.203 e. The Hall–Kier alpha value is -0.200. The highest BCUT2D eigenvalue weighted by Gasteiger charge is 2.11. The molecule has 0 saturated heterocycles. The van der Waals surface area contributed by atoms with E-state index in [1.54, 1.807) is 0 Å². The summed E-state index contributed by atoms with van der Waals surface area (Å²) in [6.07, 6.45) is 0.770. The van der Waals surface area contributed by atoms with Crippen molar-refractivity contribution in [2.75, 3.05) is 5.73 Å². The summed E-state index contributed by atoms with van der Waals surface area (Å²) < 4.78 is 0. The second-order valence-electron chi connectivity index (χ2n) is 3.15. The van der Waals surface area contributed by atoms with Gasteiger partial charge in [-0.3, -0.25) is 0 Å². The van der Waals surface area contributed by atoms with E-state index in [4.69, 9.17) is 11.5 Å². The van der Waals surface area contributed by atoms with E-state index in [9.17, 15) is 0 Å². The molecule has 1 aromatic rings. The van der Waals surface area contributed by atoms with Gasteiger partial charge in [-0.2, -0.15) is 0 Å². The first-order valence-electron chi connectivity index (χ1n) is 3.93. The first kappa shape index (κ1) is 12.8. The predicted molar refractivity (Wildman–Crippen MR) is 61.2 cm³/mol. The van der Waals surface area contributed by atoms with E-state index >= 15 is 0 Å². The molecule has 0 aliphatic heterocycles. The monoisotopic (exact) mass is 266 g/mol. The number of nitrogen functional groups attached to an aromatic ring is 1. The molecule has 1 unspecified atom stereocenters. The fourth-order valence-electron chi connectivity index (χ4n) is 0.786. The van der Waals surface area contributed by atoms with Crippen LogP contribution in [-0.4, -0.2) is 16.2 Å². The van der Waals surface area contributed by atoms with E-state index < -0.39 is 0 Å². The molecule has 0 amide bonds. The number of nitrogens with two attached hydrogens (primary N) is 2. The van der Waals surface area contributed by atoms with Crippen LogP contribution >= 0.6 is 28.3 Å². The van der Waals surface area contributed by atoms with Gasteiger partial charge in [-0.25, -0.2) is 0 Å². The topological polar surface area (TPSA) is 77.8 Å². The van der Waals surface area contributed by atoms with E-state index in [0.29, 0.717) is 11.0 Å². The lowest BCUT2D eigenvalue weighted by molar-refractivity contribution is 0.488. The van der Waals surface area contributed by atoms with Gasteiger partial charge in [0.2, 0.25) is 5.13 Å². The average molecular weight is 267 g/mol. The van der Waals surface area contributed by atoms with Gasteiger partial charge in [0.15, 0.2) is 0 Å².